The fourth-order valence-electron chi connectivity index (χ4n) is 5.05. The summed E-state index contributed by atoms with van der Waals surface area (Å²) in [7, 11) is 0. The average molecular weight is 421 g/mol. The standard InChI is InChI=1S/C29H28N2O/c1-16(2)27-13-24-22-8-5-18(11-20(22)7-10-26(24)30-27)19-6-9-23-21(12-19)15-32-29-25(23)14-28(31-29)17(3)4/h5-12,16-17H,13-15H2,1-4H3. The maximum absolute atomic E-state index is 6.03. The molecule has 0 aromatic heterocycles. The lowest BCUT2D eigenvalue weighted by molar-refractivity contribution is 0.194. The van der Waals surface area contributed by atoms with Crippen LogP contribution in [0.25, 0.3) is 27.5 Å². The lowest BCUT2D eigenvalue weighted by Gasteiger charge is -2.19. The summed E-state index contributed by atoms with van der Waals surface area (Å²) in [5.74, 6) is 1.77. The third kappa shape index (κ3) is 3.02. The van der Waals surface area contributed by atoms with Gasteiger partial charge in [-0.3, -0.25) is 4.99 Å². The van der Waals surface area contributed by atoms with Crippen molar-refractivity contribution in [3.05, 3.63) is 71.1 Å². The fourth-order valence-corrected chi connectivity index (χ4v) is 5.05. The second-order valence-corrected chi connectivity index (χ2v) is 9.81. The quantitative estimate of drug-likeness (QED) is 0.432. The molecular formula is C29H28N2O. The van der Waals surface area contributed by atoms with E-state index in [2.05, 4.69) is 76.2 Å². The first kappa shape index (κ1) is 19.5. The summed E-state index contributed by atoms with van der Waals surface area (Å²) in [6, 6.07) is 18.0. The Morgan fingerprint density at radius 3 is 2.34 bits per heavy atom. The predicted octanol–water partition coefficient (Wildman–Crippen LogP) is 7.49. The van der Waals surface area contributed by atoms with Gasteiger partial charge < -0.3 is 4.74 Å². The van der Waals surface area contributed by atoms with Crippen molar-refractivity contribution < 1.29 is 4.74 Å². The maximum Gasteiger partial charge on any atom is 0.217 e. The molecule has 3 heterocycles. The number of hydrogen-bond acceptors (Lipinski definition) is 3. The minimum atomic E-state index is 0.452. The number of rotatable bonds is 3. The average Bonchev–Trinajstić information content (AvgIpc) is 3.43. The summed E-state index contributed by atoms with van der Waals surface area (Å²) in [5, 5.41) is 2.61. The van der Waals surface area contributed by atoms with E-state index in [1.54, 1.807) is 0 Å². The normalized spacial score (nSPS) is 16.8. The number of allylic oxidation sites excluding steroid dienone is 1. The van der Waals surface area contributed by atoms with Crippen molar-refractivity contribution in [2.24, 2.45) is 21.8 Å². The molecule has 3 aromatic rings. The Labute approximate surface area is 189 Å². The SMILES string of the molecule is CC(C)C1=NC2=C(C1)c1ccc(-c3ccc4c5c(ccc4c3)N=C(C(C)C)C5)cc1CO2. The molecule has 3 aliphatic rings. The van der Waals surface area contributed by atoms with E-state index < -0.39 is 0 Å². The molecule has 0 bridgehead atoms. The van der Waals surface area contributed by atoms with Crippen molar-refractivity contribution in [1.82, 2.24) is 0 Å². The number of benzene rings is 3. The van der Waals surface area contributed by atoms with Gasteiger partial charge in [0.1, 0.15) is 6.61 Å². The zero-order valence-corrected chi connectivity index (χ0v) is 19.2. The van der Waals surface area contributed by atoms with Crippen LogP contribution in [0.5, 0.6) is 0 Å². The van der Waals surface area contributed by atoms with Crippen molar-refractivity contribution in [3.63, 3.8) is 0 Å². The topological polar surface area (TPSA) is 34.0 Å². The van der Waals surface area contributed by atoms with Crippen LogP contribution in [0, 0.1) is 11.8 Å². The Balaban J connectivity index is 1.34. The highest BCUT2D eigenvalue weighted by Crippen LogP contribution is 2.40. The summed E-state index contributed by atoms with van der Waals surface area (Å²) >= 11 is 0. The molecule has 0 fully saturated rings. The summed E-state index contributed by atoms with van der Waals surface area (Å²) in [6.45, 7) is 9.45. The molecule has 0 N–H and O–H groups in total. The van der Waals surface area contributed by atoms with Gasteiger partial charge >= 0.3 is 0 Å². The van der Waals surface area contributed by atoms with Crippen LogP contribution in [-0.4, -0.2) is 11.4 Å². The first-order valence-electron chi connectivity index (χ1n) is 11.7. The molecule has 0 amide bonds. The number of ether oxygens (including phenoxy) is 1. The van der Waals surface area contributed by atoms with E-state index >= 15 is 0 Å². The molecule has 0 spiro atoms. The molecule has 0 saturated heterocycles. The van der Waals surface area contributed by atoms with Crippen LogP contribution < -0.4 is 0 Å². The first-order valence-corrected chi connectivity index (χ1v) is 11.7. The van der Waals surface area contributed by atoms with E-state index in [0.29, 0.717) is 18.4 Å². The van der Waals surface area contributed by atoms with Crippen LogP contribution in [0.4, 0.5) is 5.69 Å². The van der Waals surface area contributed by atoms with E-state index in [9.17, 15) is 0 Å². The number of nitrogens with zero attached hydrogens (tertiary/aromatic N) is 2. The van der Waals surface area contributed by atoms with E-state index in [1.807, 2.05) is 0 Å². The number of hydrogen-bond donors (Lipinski definition) is 0. The van der Waals surface area contributed by atoms with Crippen LogP contribution in [0.1, 0.15) is 50.8 Å². The van der Waals surface area contributed by atoms with Gasteiger partial charge in [0.15, 0.2) is 0 Å². The molecule has 0 atom stereocenters. The third-order valence-corrected chi connectivity index (χ3v) is 7.05. The highest BCUT2D eigenvalue weighted by Gasteiger charge is 2.28. The molecule has 0 radical (unpaired) electrons. The van der Waals surface area contributed by atoms with Gasteiger partial charge in [0.25, 0.3) is 0 Å². The molecule has 3 aromatic carbocycles. The van der Waals surface area contributed by atoms with E-state index in [-0.39, 0.29) is 0 Å². The second-order valence-electron chi connectivity index (χ2n) is 9.81. The van der Waals surface area contributed by atoms with E-state index in [1.165, 1.54) is 55.6 Å². The maximum atomic E-state index is 6.03. The van der Waals surface area contributed by atoms with Crippen molar-refractivity contribution in [2.45, 2.75) is 47.1 Å². The summed E-state index contributed by atoms with van der Waals surface area (Å²) in [6.07, 6.45) is 1.87. The molecule has 6 rings (SSSR count). The molecule has 32 heavy (non-hydrogen) atoms. The van der Waals surface area contributed by atoms with Crippen molar-refractivity contribution in [2.75, 3.05) is 0 Å². The Kier molecular flexibility index (Phi) is 4.36. The Hall–Kier alpha value is -3.20. The summed E-state index contributed by atoms with van der Waals surface area (Å²) in [4.78, 5) is 9.59. The van der Waals surface area contributed by atoms with Gasteiger partial charge in [-0.2, -0.15) is 0 Å². The molecule has 0 unspecified atom stereocenters. The Morgan fingerprint density at radius 1 is 0.781 bits per heavy atom. The third-order valence-electron chi connectivity index (χ3n) is 7.05. The number of aliphatic imine (C=N–C) groups is 2. The monoisotopic (exact) mass is 420 g/mol. The molecule has 3 heteroatoms. The van der Waals surface area contributed by atoms with Gasteiger partial charge in [0.2, 0.25) is 5.88 Å². The lowest BCUT2D eigenvalue weighted by atomic mass is 9.90. The molecule has 160 valence electrons. The fraction of sp³-hybridized carbons (Fsp3) is 0.310. The van der Waals surface area contributed by atoms with Gasteiger partial charge in [-0.1, -0.05) is 58.0 Å². The highest BCUT2D eigenvalue weighted by molar-refractivity contribution is 6.03. The largest absolute Gasteiger partial charge is 0.473 e. The predicted molar refractivity (Wildman–Crippen MR) is 134 cm³/mol. The molecular weight excluding hydrogens is 392 g/mol. The van der Waals surface area contributed by atoms with Crippen LogP contribution in [0.3, 0.4) is 0 Å². The molecule has 0 aliphatic carbocycles. The van der Waals surface area contributed by atoms with Crippen molar-refractivity contribution in [1.29, 1.82) is 0 Å². The summed E-state index contributed by atoms with van der Waals surface area (Å²) in [5.41, 5.74) is 11.3. The van der Waals surface area contributed by atoms with Crippen LogP contribution in [0.15, 0.2) is 64.4 Å². The smallest absolute Gasteiger partial charge is 0.217 e. The summed E-state index contributed by atoms with van der Waals surface area (Å²) < 4.78 is 6.03. The molecule has 3 aliphatic heterocycles. The van der Waals surface area contributed by atoms with Crippen molar-refractivity contribution in [3.8, 4) is 11.1 Å². The first-order chi connectivity index (χ1) is 15.5. The van der Waals surface area contributed by atoms with Crippen molar-refractivity contribution >= 4 is 33.5 Å². The Morgan fingerprint density at radius 2 is 1.53 bits per heavy atom. The molecule has 3 nitrogen and oxygen atoms in total. The zero-order chi connectivity index (χ0) is 22.0. The zero-order valence-electron chi connectivity index (χ0n) is 19.2. The van der Waals surface area contributed by atoms with Crippen LogP contribution in [-0.2, 0) is 17.8 Å². The van der Waals surface area contributed by atoms with Crippen LogP contribution in [0.2, 0.25) is 0 Å². The van der Waals surface area contributed by atoms with E-state index in [4.69, 9.17) is 14.7 Å². The minimum Gasteiger partial charge on any atom is -0.473 e. The molecule has 0 saturated carbocycles. The van der Waals surface area contributed by atoms with Gasteiger partial charge in [0.05, 0.1) is 5.69 Å². The number of fused-ring (bicyclic) bond motifs is 5. The van der Waals surface area contributed by atoms with Gasteiger partial charge in [-0.15, -0.1) is 0 Å². The van der Waals surface area contributed by atoms with Gasteiger partial charge in [0, 0.05) is 29.8 Å². The Bertz CT molecular complexity index is 1370. The van der Waals surface area contributed by atoms with Gasteiger partial charge in [-0.05, 0) is 68.6 Å². The lowest BCUT2D eigenvalue weighted by Crippen LogP contribution is -2.06. The highest BCUT2D eigenvalue weighted by atomic mass is 16.5. The van der Waals surface area contributed by atoms with Gasteiger partial charge in [-0.25, -0.2) is 4.99 Å². The minimum absolute atomic E-state index is 0.452. The second kappa shape index (κ2) is 7.16. The van der Waals surface area contributed by atoms with E-state index in [0.717, 1.165) is 24.4 Å². The van der Waals surface area contributed by atoms with Crippen LogP contribution >= 0.6 is 0 Å².